The zero-order chi connectivity index (χ0) is 13.8. The standard InChI is InChI=1S/C15H21NO2S/c1-3-5-11-8-9-16(10-11)12-6-4-7-13(19-2)14(12)15(17)18/h4,6-7,11H,3,5,8-10H2,1-2H3,(H,17,18). The molecule has 1 aliphatic heterocycles. The van der Waals surface area contributed by atoms with Crippen LogP contribution in [0, 0.1) is 5.92 Å². The van der Waals surface area contributed by atoms with Gasteiger partial charge < -0.3 is 10.0 Å². The molecule has 1 atom stereocenters. The number of benzene rings is 1. The highest BCUT2D eigenvalue weighted by Crippen LogP contribution is 2.33. The summed E-state index contributed by atoms with van der Waals surface area (Å²) in [4.78, 5) is 14.6. The van der Waals surface area contributed by atoms with Crippen molar-refractivity contribution >= 4 is 23.4 Å². The van der Waals surface area contributed by atoms with Crippen LogP contribution in [0.4, 0.5) is 5.69 Å². The van der Waals surface area contributed by atoms with E-state index in [0.29, 0.717) is 11.5 Å². The molecule has 1 aliphatic rings. The number of nitrogens with zero attached hydrogens (tertiary/aromatic N) is 1. The van der Waals surface area contributed by atoms with Crippen LogP contribution in [0.15, 0.2) is 23.1 Å². The SMILES string of the molecule is CCCC1CCN(c2cccc(SC)c2C(=O)O)C1. The highest BCUT2D eigenvalue weighted by molar-refractivity contribution is 7.98. The summed E-state index contributed by atoms with van der Waals surface area (Å²) in [6, 6.07) is 5.79. The molecule has 3 nitrogen and oxygen atoms in total. The Kier molecular flexibility index (Phi) is 4.75. The van der Waals surface area contributed by atoms with Crippen molar-refractivity contribution < 1.29 is 9.90 Å². The lowest BCUT2D eigenvalue weighted by Gasteiger charge is -2.22. The first-order chi connectivity index (χ1) is 9.17. The van der Waals surface area contributed by atoms with Crippen LogP contribution in [0.25, 0.3) is 0 Å². The second-order valence-corrected chi connectivity index (χ2v) is 5.90. The number of carboxylic acid groups (broad SMARTS) is 1. The van der Waals surface area contributed by atoms with E-state index in [4.69, 9.17) is 0 Å². The van der Waals surface area contributed by atoms with Crippen LogP contribution in [0.5, 0.6) is 0 Å². The molecule has 0 aromatic heterocycles. The Bertz CT molecular complexity index is 461. The van der Waals surface area contributed by atoms with E-state index in [0.717, 1.165) is 23.7 Å². The van der Waals surface area contributed by atoms with Gasteiger partial charge in [-0.15, -0.1) is 11.8 Å². The fourth-order valence-corrected chi connectivity index (χ4v) is 3.47. The molecule has 19 heavy (non-hydrogen) atoms. The lowest BCUT2D eigenvalue weighted by atomic mass is 10.0. The van der Waals surface area contributed by atoms with Gasteiger partial charge in [0.25, 0.3) is 0 Å². The highest BCUT2D eigenvalue weighted by Gasteiger charge is 2.26. The first-order valence-electron chi connectivity index (χ1n) is 6.82. The lowest BCUT2D eigenvalue weighted by Crippen LogP contribution is -2.22. The van der Waals surface area contributed by atoms with Gasteiger partial charge >= 0.3 is 5.97 Å². The van der Waals surface area contributed by atoms with Crippen LogP contribution >= 0.6 is 11.8 Å². The van der Waals surface area contributed by atoms with E-state index in [2.05, 4.69) is 11.8 Å². The minimum Gasteiger partial charge on any atom is -0.478 e. The zero-order valence-electron chi connectivity index (χ0n) is 11.6. The van der Waals surface area contributed by atoms with Crippen molar-refractivity contribution in [2.75, 3.05) is 24.2 Å². The zero-order valence-corrected chi connectivity index (χ0v) is 12.4. The molecule has 0 amide bonds. The van der Waals surface area contributed by atoms with Crippen molar-refractivity contribution in [1.29, 1.82) is 0 Å². The van der Waals surface area contributed by atoms with Crippen molar-refractivity contribution in [3.05, 3.63) is 23.8 Å². The number of rotatable bonds is 5. The van der Waals surface area contributed by atoms with Crippen molar-refractivity contribution in [2.24, 2.45) is 5.92 Å². The number of carboxylic acids is 1. The van der Waals surface area contributed by atoms with Gasteiger partial charge in [-0.2, -0.15) is 0 Å². The van der Waals surface area contributed by atoms with Gasteiger partial charge in [0.2, 0.25) is 0 Å². The fraction of sp³-hybridized carbons (Fsp3) is 0.533. The molecule has 1 unspecified atom stereocenters. The number of hydrogen-bond acceptors (Lipinski definition) is 3. The van der Waals surface area contributed by atoms with E-state index in [1.807, 2.05) is 24.5 Å². The molecule has 1 saturated heterocycles. The van der Waals surface area contributed by atoms with Gasteiger partial charge in [0.05, 0.1) is 11.3 Å². The van der Waals surface area contributed by atoms with Crippen molar-refractivity contribution in [2.45, 2.75) is 31.1 Å². The van der Waals surface area contributed by atoms with E-state index in [1.165, 1.54) is 31.0 Å². The monoisotopic (exact) mass is 279 g/mol. The Hall–Kier alpha value is -1.16. The van der Waals surface area contributed by atoms with E-state index in [9.17, 15) is 9.90 Å². The van der Waals surface area contributed by atoms with Crippen molar-refractivity contribution in [1.82, 2.24) is 0 Å². The average Bonchev–Trinajstić information content (AvgIpc) is 2.86. The molecule has 2 rings (SSSR count). The predicted octanol–water partition coefficient (Wildman–Crippen LogP) is 3.73. The summed E-state index contributed by atoms with van der Waals surface area (Å²) in [5.41, 5.74) is 1.35. The van der Waals surface area contributed by atoms with Gasteiger partial charge in [0.15, 0.2) is 0 Å². The number of hydrogen-bond donors (Lipinski definition) is 1. The minimum atomic E-state index is -0.820. The molecular formula is C15H21NO2S. The Morgan fingerprint density at radius 2 is 2.32 bits per heavy atom. The maximum absolute atomic E-state index is 11.5. The minimum absolute atomic E-state index is 0.465. The number of thioether (sulfide) groups is 1. The van der Waals surface area contributed by atoms with Crippen LogP contribution in [0.3, 0.4) is 0 Å². The topological polar surface area (TPSA) is 40.5 Å². The fourth-order valence-electron chi connectivity index (χ4n) is 2.86. The molecule has 1 aromatic carbocycles. The Balaban J connectivity index is 2.28. The molecule has 4 heteroatoms. The molecule has 1 N–H and O–H groups in total. The van der Waals surface area contributed by atoms with E-state index in [1.54, 1.807) is 0 Å². The molecule has 0 bridgehead atoms. The van der Waals surface area contributed by atoms with Crippen LogP contribution < -0.4 is 4.90 Å². The summed E-state index contributed by atoms with van der Waals surface area (Å²) >= 11 is 1.50. The van der Waals surface area contributed by atoms with Crippen LogP contribution in [-0.2, 0) is 0 Å². The third-order valence-electron chi connectivity index (χ3n) is 3.76. The molecule has 1 heterocycles. The summed E-state index contributed by atoms with van der Waals surface area (Å²) in [5, 5.41) is 9.47. The molecule has 104 valence electrons. The number of anilines is 1. The van der Waals surface area contributed by atoms with Crippen molar-refractivity contribution in [3.8, 4) is 0 Å². The third-order valence-corrected chi connectivity index (χ3v) is 4.54. The molecule has 0 spiro atoms. The second kappa shape index (κ2) is 6.33. The maximum atomic E-state index is 11.5. The number of aromatic carboxylic acids is 1. The van der Waals surface area contributed by atoms with Gasteiger partial charge in [-0.3, -0.25) is 0 Å². The maximum Gasteiger partial charge on any atom is 0.338 e. The molecule has 0 radical (unpaired) electrons. The summed E-state index contributed by atoms with van der Waals surface area (Å²) in [7, 11) is 0. The van der Waals surface area contributed by atoms with E-state index >= 15 is 0 Å². The summed E-state index contributed by atoms with van der Waals surface area (Å²) in [6.07, 6.45) is 5.54. The van der Waals surface area contributed by atoms with Gasteiger partial charge in [-0.05, 0) is 37.1 Å². The third kappa shape index (κ3) is 3.06. The summed E-state index contributed by atoms with van der Waals surface area (Å²) in [5.74, 6) is -0.108. The molecule has 1 aromatic rings. The normalized spacial score (nSPS) is 18.8. The second-order valence-electron chi connectivity index (χ2n) is 5.05. The highest BCUT2D eigenvalue weighted by atomic mass is 32.2. The molecule has 1 fully saturated rings. The van der Waals surface area contributed by atoms with E-state index in [-0.39, 0.29) is 0 Å². The van der Waals surface area contributed by atoms with Gasteiger partial charge in [-0.1, -0.05) is 19.4 Å². The largest absolute Gasteiger partial charge is 0.478 e. The van der Waals surface area contributed by atoms with Crippen LogP contribution in [0.2, 0.25) is 0 Å². The Morgan fingerprint density at radius 1 is 1.53 bits per heavy atom. The van der Waals surface area contributed by atoms with Crippen LogP contribution in [-0.4, -0.2) is 30.4 Å². The molecule has 0 saturated carbocycles. The molecular weight excluding hydrogens is 258 g/mol. The van der Waals surface area contributed by atoms with Gasteiger partial charge in [-0.25, -0.2) is 4.79 Å². The molecule has 0 aliphatic carbocycles. The summed E-state index contributed by atoms with van der Waals surface area (Å²) < 4.78 is 0. The van der Waals surface area contributed by atoms with Crippen LogP contribution in [0.1, 0.15) is 36.5 Å². The Labute approximate surface area is 119 Å². The quantitative estimate of drug-likeness (QED) is 0.834. The van der Waals surface area contributed by atoms with E-state index < -0.39 is 5.97 Å². The first-order valence-corrected chi connectivity index (χ1v) is 8.05. The number of carbonyl (C=O) groups is 1. The average molecular weight is 279 g/mol. The van der Waals surface area contributed by atoms with Gasteiger partial charge in [0.1, 0.15) is 0 Å². The smallest absolute Gasteiger partial charge is 0.338 e. The van der Waals surface area contributed by atoms with Gasteiger partial charge in [0, 0.05) is 18.0 Å². The summed E-state index contributed by atoms with van der Waals surface area (Å²) in [6.45, 7) is 4.18. The Morgan fingerprint density at radius 3 is 2.95 bits per heavy atom. The first kappa shape index (κ1) is 14.3. The van der Waals surface area contributed by atoms with Crippen molar-refractivity contribution in [3.63, 3.8) is 0 Å². The predicted molar refractivity (Wildman–Crippen MR) is 80.4 cm³/mol. The lowest BCUT2D eigenvalue weighted by molar-refractivity contribution is 0.0694.